The van der Waals surface area contributed by atoms with Crippen molar-refractivity contribution in [1.29, 1.82) is 0 Å². The summed E-state index contributed by atoms with van der Waals surface area (Å²) < 4.78 is 5.03. The molecule has 0 spiro atoms. The van der Waals surface area contributed by atoms with Crippen molar-refractivity contribution in [2.24, 2.45) is 0 Å². The fourth-order valence-electron chi connectivity index (χ4n) is 3.26. The van der Waals surface area contributed by atoms with E-state index in [9.17, 15) is 14.4 Å². The number of hydrogen-bond acceptors (Lipinski definition) is 4. The van der Waals surface area contributed by atoms with Crippen molar-refractivity contribution in [1.82, 2.24) is 0 Å². The smallest absolute Gasteiger partial charge is 0.340 e. The lowest BCUT2D eigenvalue weighted by atomic mass is 10.0. The fourth-order valence-corrected chi connectivity index (χ4v) is 3.26. The van der Waals surface area contributed by atoms with Crippen molar-refractivity contribution in [3.63, 3.8) is 0 Å². The molecule has 6 heteroatoms. The number of nitrogens with zero attached hydrogens (tertiary/aromatic N) is 1. The van der Waals surface area contributed by atoms with Gasteiger partial charge in [0.25, 0.3) is 0 Å². The SMILES string of the molecule is CCOC(=O)c1ccccc1NC(=O)CN(C(C)=O)c1c(C)cc(C)cc1C. The molecule has 0 fully saturated rings. The summed E-state index contributed by atoms with van der Waals surface area (Å²) in [4.78, 5) is 38.5. The van der Waals surface area contributed by atoms with Crippen LogP contribution in [0, 0.1) is 20.8 Å². The molecule has 0 atom stereocenters. The standard InChI is InChI=1S/C22H26N2O4/c1-6-28-22(27)18-9-7-8-10-19(18)23-20(26)13-24(17(5)25)21-15(3)11-14(2)12-16(21)4/h7-12H,6,13H2,1-5H3,(H,23,26). The lowest BCUT2D eigenvalue weighted by Crippen LogP contribution is -2.37. The first-order valence-electron chi connectivity index (χ1n) is 9.16. The second kappa shape index (κ2) is 9.17. The normalized spacial score (nSPS) is 10.3. The molecule has 0 heterocycles. The molecule has 0 saturated heterocycles. The summed E-state index contributed by atoms with van der Waals surface area (Å²) in [5, 5.41) is 2.72. The van der Waals surface area contributed by atoms with Gasteiger partial charge >= 0.3 is 5.97 Å². The summed E-state index contributed by atoms with van der Waals surface area (Å²) >= 11 is 0. The van der Waals surface area contributed by atoms with Crippen molar-refractivity contribution in [3.8, 4) is 0 Å². The van der Waals surface area contributed by atoms with Crippen molar-refractivity contribution in [2.45, 2.75) is 34.6 Å². The number of rotatable bonds is 6. The van der Waals surface area contributed by atoms with Gasteiger partial charge in [0, 0.05) is 6.92 Å². The van der Waals surface area contributed by atoms with Gasteiger partial charge in [0.1, 0.15) is 6.54 Å². The first-order valence-corrected chi connectivity index (χ1v) is 9.16. The molecule has 148 valence electrons. The Labute approximate surface area is 165 Å². The number of para-hydroxylation sites is 1. The molecule has 0 saturated carbocycles. The highest BCUT2D eigenvalue weighted by atomic mass is 16.5. The Kier molecular flexibility index (Phi) is 6.93. The van der Waals surface area contributed by atoms with Crippen LogP contribution in [-0.4, -0.2) is 30.9 Å². The van der Waals surface area contributed by atoms with Gasteiger partial charge < -0.3 is 15.0 Å². The Hall–Kier alpha value is -3.15. The van der Waals surface area contributed by atoms with E-state index in [0.29, 0.717) is 5.69 Å². The maximum atomic E-state index is 12.7. The van der Waals surface area contributed by atoms with E-state index < -0.39 is 11.9 Å². The monoisotopic (exact) mass is 382 g/mol. The van der Waals surface area contributed by atoms with Gasteiger partial charge in [-0.15, -0.1) is 0 Å². The third-order valence-corrected chi connectivity index (χ3v) is 4.28. The summed E-state index contributed by atoms with van der Waals surface area (Å²) in [6.45, 7) is 9.05. The summed E-state index contributed by atoms with van der Waals surface area (Å²) in [5.41, 5.74) is 4.29. The molecule has 0 unspecified atom stereocenters. The highest BCUT2D eigenvalue weighted by Crippen LogP contribution is 2.26. The molecule has 0 aromatic heterocycles. The summed E-state index contributed by atoms with van der Waals surface area (Å²) in [5.74, 6) is -1.14. The molecule has 0 radical (unpaired) electrons. The van der Waals surface area contributed by atoms with E-state index in [0.717, 1.165) is 22.4 Å². The van der Waals surface area contributed by atoms with Gasteiger partial charge in [-0.1, -0.05) is 29.8 Å². The van der Waals surface area contributed by atoms with Gasteiger partial charge in [0.15, 0.2) is 0 Å². The number of hydrogen-bond donors (Lipinski definition) is 1. The number of aryl methyl sites for hydroxylation is 3. The molecular formula is C22H26N2O4. The first-order chi connectivity index (χ1) is 13.2. The average molecular weight is 382 g/mol. The van der Waals surface area contributed by atoms with Crippen molar-refractivity contribution in [2.75, 3.05) is 23.4 Å². The van der Waals surface area contributed by atoms with Crippen LogP contribution in [0.4, 0.5) is 11.4 Å². The highest BCUT2D eigenvalue weighted by Gasteiger charge is 2.21. The number of carbonyl (C=O) groups is 3. The zero-order valence-corrected chi connectivity index (χ0v) is 17.0. The lowest BCUT2D eigenvalue weighted by Gasteiger charge is -2.25. The zero-order chi connectivity index (χ0) is 20.8. The van der Waals surface area contributed by atoms with Crippen LogP contribution in [-0.2, 0) is 14.3 Å². The predicted octanol–water partition coefficient (Wildman–Crippen LogP) is 3.78. The second-order valence-electron chi connectivity index (χ2n) is 6.67. The van der Waals surface area contributed by atoms with Crippen molar-refractivity contribution >= 4 is 29.2 Å². The number of ether oxygens (including phenoxy) is 1. The number of anilines is 2. The van der Waals surface area contributed by atoms with Crippen LogP contribution in [0.5, 0.6) is 0 Å². The second-order valence-corrected chi connectivity index (χ2v) is 6.67. The number of esters is 1. The number of benzene rings is 2. The van der Waals surface area contributed by atoms with E-state index in [4.69, 9.17) is 4.74 Å². The maximum Gasteiger partial charge on any atom is 0.340 e. The van der Waals surface area contributed by atoms with Gasteiger partial charge in [-0.2, -0.15) is 0 Å². The molecule has 2 amide bonds. The maximum absolute atomic E-state index is 12.7. The Morgan fingerprint density at radius 3 is 2.21 bits per heavy atom. The summed E-state index contributed by atoms with van der Waals surface area (Å²) in [7, 11) is 0. The molecule has 6 nitrogen and oxygen atoms in total. The molecule has 0 aliphatic heterocycles. The average Bonchev–Trinajstić information content (AvgIpc) is 2.60. The minimum atomic E-state index is -0.507. The van der Waals surface area contributed by atoms with E-state index in [1.807, 2.05) is 32.9 Å². The van der Waals surface area contributed by atoms with Crippen molar-refractivity contribution in [3.05, 3.63) is 58.7 Å². The summed E-state index contributed by atoms with van der Waals surface area (Å²) in [6.07, 6.45) is 0. The van der Waals surface area contributed by atoms with Crippen LogP contribution >= 0.6 is 0 Å². The number of nitrogens with one attached hydrogen (secondary N) is 1. The highest BCUT2D eigenvalue weighted by molar-refractivity contribution is 6.05. The van der Waals surface area contributed by atoms with E-state index in [-0.39, 0.29) is 24.6 Å². The van der Waals surface area contributed by atoms with Crippen LogP contribution in [0.1, 0.15) is 40.9 Å². The Morgan fingerprint density at radius 1 is 1.04 bits per heavy atom. The van der Waals surface area contributed by atoms with Crippen LogP contribution in [0.3, 0.4) is 0 Å². The molecule has 28 heavy (non-hydrogen) atoms. The molecule has 1 N–H and O–H groups in total. The lowest BCUT2D eigenvalue weighted by molar-refractivity contribution is -0.120. The Morgan fingerprint density at radius 2 is 1.64 bits per heavy atom. The molecular weight excluding hydrogens is 356 g/mol. The topological polar surface area (TPSA) is 75.7 Å². The molecule has 0 aliphatic carbocycles. The van der Waals surface area contributed by atoms with Gasteiger partial charge in [-0.05, 0) is 51.0 Å². The molecule has 0 bridgehead atoms. The van der Waals surface area contributed by atoms with Crippen molar-refractivity contribution < 1.29 is 19.1 Å². The zero-order valence-electron chi connectivity index (χ0n) is 17.0. The third kappa shape index (κ3) is 4.97. The predicted molar refractivity (Wildman–Crippen MR) is 110 cm³/mol. The quantitative estimate of drug-likeness (QED) is 0.772. The number of carbonyl (C=O) groups excluding carboxylic acids is 3. The largest absolute Gasteiger partial charge is 0.462 e. The number of amides is 2. The van der Waals surface area contributed by atoms with E-state index in [1.54, 1.807) is 31.2 Å². The molecule has 2 aromatic rings. The molecule has 0 aliphatic rings. The van der Waals surface area contributed by atoms with Crippen LogP contribution in [0.2, 0.25) is 0 Å². The van der Waals surface area contributed by atoms with Gasteiger partial charge in [-0.25, -0.2) is 4.79 Å². The van der Waals surface area contributed by atoms with Gasteiger partial charge in [-0.3, -0.25) is 9.59 Å². The Balaban J connectivity index is 2.26. The van der Waals surface area contributed by atoms with Crippen LogP contribution in [0.25, 0.3) is 0 Å². The fraction of sp³-hybridized carbons (Fsp3) is 0.318. The third-order valence-electron chi connectivity index (χ3n) is 4.28. The Bertz CT molecular complexity index is 882. The van der Waals surface area contributed by atoms with Crippen LogP contribution < -0.4 is 10.2 Å². The van der Waals surface area contributed by atoms with E-state index in [1.165, 1.54) is 11.8 Å². The summed E-state index contributed by atoms with van der Waals surface area (Å²) in [6, 6.07) is 10.6. The van der Waals surface area contributed by atoms with Crippen LogP contribution in [0.15, 0.2) is 36.4 Å². The van der Waals surface area contributed by atoms with E-state index >= 15 is 0 Å². The first kappa shape index (κ1) is 21.2. The molecule has 2 aromatic carbocycles. The molecule has 2 rings (SSSR count). The minimum absolute atomic E-state index is 0.156. The minimum Gasteiger partial charge on any atom is -0.462 e. The van der Waals surface area contributed by atoms with Gasteiger partial charge in [0.2, 0.25) is 11.8 Å². The van der Waals surface area contributed by atoms with E-state index in [2.05, 4.69) is 5.32 Å². The van der Waals surface area contributed by atoms with Gasteiger partial charge in [0.05, 0.1) is 23.5 Å².